The molecule has 138 valence electrons. The van der Waals surface area contributed by atoms with Gasteiger partial charge in [-0.1, -0.05) is 12.8 Å². The summed E-state index contributed by atoms with van der Waals surface area (Å²) < 4.78 is 0. The molecule has 3 heterocycles. The minimum Gasteiger partial charge on any atom is -0.363 e. The second kappa shape index (κ2) is 8.65. The molecule has 2 amide bonds. The van der Waals surface area contributed by atoms with Crippen molar-refractivity contribution in [3.8, 4) is 0 Å². The molecule has 6 nitrogen and oxygen atoms in total. The summed E-state index contributed by atoms with van der Waals surface area (Å²) in [7, 11) is 3.92. The highest BCUT2D eigenvalue weighted by atomic mass is 16.2. The van der Waals surface area contributed by atoms with Gasteiger partial charge in [0.1, 0.15) is 5.82 Å². The maximum atomic E-state index is 12.9. The maximum Gasteiger partial charge on any atom is 0.318 e. The molecule has 0 spiro atoms. The number of aromatic nitrogens is 2. The van der Waals surface area contributed by atoms with E-state index in [9.17, 15) is 4.79 Å². The van der Waals surface area contributed by atoms with Crippen molar-refractivity contribution in [3.63, 3.8) is 0 Å². The van der Waals surface area contributed by atoms with E-state index in [1.165, 1.54) is 6.42 Å². The predicted octanol–water partition coefficient (Wildman–Crippen LogP) is 3.37. The Morgan fingerprint density at radius 3 is 2.77 bits per heavy atom. The lowest BCUT2D eigenvalue weighted by atomic mass is 10.0. The Hall–Kier alpha value is -2.63. The van der Waals surface area contributed by atoms with E-state index >= 15 is 0 Å². The van der Waals surface area contributed by atoms with Crippen LogP contribution in [0.5, 0.6) is 0 Å². The molecule has 1 fully saturated rings. The first kappa shape index (κ1) is 18.2. The molecule has 26 heavy (non-hydrogen) atoms. The SMILES string of the molecule is CN(C)c1cc(CNC(=O)N2CCCCCC2c2ccncc2)ccn1. The van der Waals surface area contributed by atoms with Crippen LogP contribution in [0.2, 0.25) is 0 Å². The van der Waals surface area contributed by atoms with Gasteiger partial charge >= 0.3 is 6.03 Å². The number of nitrogens with zero attached hydrogens (tertiary/aromatic N) is 4. The zero-order chi connectivity index (χ0) is 18.4. The second-order valence-corrected chi connectivity index (χ2v) is 6.91. The van der Waals surface area contributed by atoms with E-state index in [0.29, 0.717) is 6.54 Å². The third kappa shape index (κ3) is 4.50. The van der Waals surface area contributed by atoms with E-state index < -0.39 is 0 Å². The molecule has 0 radical (unpaired) electrons. The smallest absolute Gasteiger partial charge is 0.318 e. The Morgan fingerprint density at radius 2 is 2.00 bits per heavy atom. The summed E-state index contributed by atoms with van der Waals surface area (Å²) in [6.45, 7) is 1.29. The Kier molecular flexibility index (Phi) is 6.04. The van der Waals surface area contributed by atoms with Gasteiger partial charge in [0.25, 0.3) is 0 Å². The van der Waals surface area contributed by atoms with E-state index in [1.54, 1.807) is 18.6 Å². The highest BCUT2D eigenvalue weighted by molar-refractivity contribution is 5.74. The summed E-state index contributed by atoms with van der Waals surface area (Å²) in [6, 6.07) is 8.09. The molecule has 2 aromatic heterocycles. The van der Waals surface area contributed by atoms with Gasteiger partial charge in [-0.2, -0.15) is 0 Å². The number of nitrogens with one attached hydrogen (secondary N) is 1. The van der Waals surface area contributed by atoms with Crippen molar-refractivity contribution in [1.82, 2.24) is 20.2 Å². The fourth-order valence-electron chi connectivity index (χ4n) is 3.38. The number of hydrogen-bond acceptors (Lipinski definition) is 4. The summed E-state index contributed by atoms with van der Waals surface area (Å²) >= 11 is 0. The van der Waals surface area contributed by atoms with Crippen LogP contribution in [-0.2, 0) is 6.54 Å². The molecule has 1 aliphatic rings. The summed E-state index contributed by atoms with van der Waals surface area (Å²) in [5.41, 5.74) is 2.21. The van der Waals surface area contributed by atoms with Crippen LogP contribution < -0.4 is 10.2 Å². The number of urea groups is 1. The van der Waals surface area contributed by atoms with Crippen LogP contribution in [-0.4, -0.2) is 41.5 Å². The van der Waals surface area contributed by atoms with Gasteiger partial charge in [0.05, 0.1) is 6.04 Å². The number of hydrogen-bond donors (Lipinski definition) is 1. The summed E-state index contributed by atoms with van der Waals surface area (Å²) in [4.78, 5) is 25.3. The van der Waals surface area contributed by atoms with Crippen LogP contribution in [0.25, 0.3) is 0 Å². The standard InChI is InChI=1S/C20H27N5O/c1-24(2)19-14-16(7-12-22-19)15-23-20(26)25-13-5-3-4-6-18(25)17-8-10-21-11-9-17/h7-12,14,18H,3-6,13,15H2,1-2H3,(H,23,26). The van der Waals surface area contributed by atoms with Crippen molar-refractivity contribution < 1.29 is 4.79 Å². The molecule has 0 aliphatic carbocycles. The Morgan fingerprint density at radius 1 is 1.19 bits per heavy atom. The number of carbonyl (C=O) groups is 1. The quantitative estimate of drug-likeness (QED) is 0.915. The highest BCUT2D eigenvalue weighted by Gasteiger charge is 2.26. The van der Waals surface area contributed by atoms with Crippen molar-refractivity contribution in [2.24, 2.45) is 0 Å². The van der Waals surface area contributed by atoms with Crippen molar-refractivity contribution in [2.75, 3.05) is 25.5 Å². The van der Waals surface area contributed by atoms with E-state index in [1.807, 2.05) is 48.2 Å². The summed E-state index contributed by atoms with van der Waals surface area (Å²) in [5, 5.41) is 3.09. The first-order valence-electron chi connectivity index (χ1n) is 9.22. The zero-order valence-electron chi connectivity index (χ0n) is 15.6. The monoisotopic (exact) mass is 353 g/mol. The number of anilines is 1. The maximum absolute atomic E-state index is 12.9. The Labute approximate surface area is 155 Å². The molecule has 1 aliphatic heterocycles. The molecular formula is C20H27N5O. The summed E-state index contributed by atoms with van der Waals surface area (Å²) in [5.74, 6) is 0.890. The molecule has 3 rings (SSSR count). The molecule has 0 bridgehead atoms. The van der Waals surface area contributed by atoms with Gasteiger partial charge in [-0.3, -0.25) is 4.98 Å². The number of amides is 2. The molecule has 1 unspecified atom stereocenters. The fraction of sp³-hybridized carbons (Fsp3) is 0.450. The summed E-state index contributed by atoms with van der Waals surface area (Å²) in [6.07, 6.45) is 9.75. The minimum atomic E-state index is -0.00284. The number of carbonyl (C=O) groups excluding carboxylic acids is 1. The third-order valence-corrected chi connectivity index (χ3v) is 4.82. The lowest BCUT2D eigenvalue weighted by Gasteiger charge is -2.30. The molecule has 1 atom stereocenters. The first-order valence-corrected chi connectivity index (χ1v) is 9.22. The van der Waals surface area contributed by atoms with Crippen molar-refractivity contribution in [1.29, 1.82) is 0 Å². The van der Waals surface area contributed by atoms with Gasteiger partial charge < -0.3 is 15.1 Å². The van der Waals surface area contributed by atoms with Crippen molar-refractivity contribution >= 4 is 11.8 Å². The van der Waals surface area contributed by atoms with Crippen LogP contribution in [0.4, 0.5) is 10.6 Å². The minimum absolute atomic E-state index is 0.00284. The molecular weight excluding hydrogens is 326 g/mol. The normalized spacial score (nSPS) is 17.5. The third-order valence-electron chi connectivity index (χ3n) is 4.82. The lowest BCUT2D eigenvalue weighted by molar-refractivity contribution is 0.175. The van der Waals surface area contributed by atoms with Crippen molar-refractivity contribution in [2.45, 2.75) is 38.3 Å². The topological polar surface area (TPSA) is 61.4 Å². The predicted molar refractivity (Wildman–Crippen MR) is 103 cm³/mol. The average molecular weight is 353 g/mol. The van der Waals surface area contributed by atoms with Crippen LogP contribution in [0.1, 0.15) is 42.9 Å². The van der Waals surface area contributed by atoms with Gasteiger partial charge in [0.2, 0.25) is 0 Å². The fourth-order valence-corrected chi connectivity index (χ4v) is 3.38. The van der Waals surface area contributed by atoms with Gasteiger partial charge in [0, 0.05) is 45.8 Å². The first-order chi connectivity index (χ1) is 12.6. The van der Waals surface area contributed by atoms with Crippen LogP contribution in [0.3, 0.4) is 0 Å². The Balaban J connectivity index is 1.69. The van der Waals surface area contributed by atoms with E-state index in [4.69, 9.17) is 0 Å². The second-order valence-electron chi connectivity index (χ2n) is 6.91. The van der Waals surface area contributed by atoms with E-state index in [0.717, 1.165) is 42.8 Å². The molecule has 0 saturated carbocycles. The number of pyridine rings is 2. The molecule has 2 aromatic rings. The largest absolute Gasteiger partial charge is 0.363 e. The molecule has 1 saturated heterocycles. The highest BCUT2D eigenvalue weighted by Crippen LogP contribution is 2.29. The van der Waals surface area contributed by atoms with Crippen LogP contribution in [0.15, 0.2) is 42.9 Å². The molecule has 6 heteroatoms. The Bertz CT molecular complexity index is 719. The van der Waals surface area contributed by atoms with Gasteiger partial charge in [-0.25, -0.2) is 9.78 Å². The van der Waals surface area contributed by atoms with E-state index in [2.05, 4.69) is 15.3 Å². The average Bonchev–Trinajstić information content (AvgIpc) is 2.93. The number of rotatable bonds is 4. The van der Waals surface area contributed by atoms with E-state index in [-0.39, 0.29) is 12.1 Å². The van der Waals surface area contributed by atoms with Gasteiger partial charge in [-0.05, 0) is 48.2 Å². The lowest BCUT2D eigenvalue weighted by Crippen LogP contribution is -2.42. The van der Waals surface area contributed by atoms with Crippen molar-refractivity contribution in [3.05, 3.63) is 54.0 Å². The van der Waals surface area contributed by atoms with Crippen LogP contribution >= 0.6 is 0 Å². The number of likely N-dealkylation sites (tertiary alicyclic amines) is 1. The zero-order valence-corrected chi connectivity index (χ0v) is 15.6. The molecule has 1 N–H and O–H groups in total. The molecule has 0 aromatic carbocycles. The van der Waals surface area contributed by atoms with Gasteiger partial charge in [-0.15, -0.1) is 0 Å². The van der Waals surface area contributed by atoms with Crippen LogP contribution in [0, 0.1) is 0 Å². The van der Waals surface area contributed by atoms with Gasteiger partial charge in [0.15, 0.2) is 0 Å².